The van der Waals surface area contributed by atoms with Gasteiger partial charge in [-0.2, -0.15) is 0 Å². The van der Waals surface area contributed by atoms with Crippen molar-refractivity contribution in [2.24, 2.45) is 5.92 Å². The first-order valence-corrected chi connectivity index (χ1v) is 17.0. The Labute approximate surface area is 283 Å². The van der Waals surface area contributed by atoms with E-state index in [1.807, 2.05) is 45.0 Å². The van der Waals surface area contributed by atoms with E-state index in [0.717, 1.165) is 48.8 Å². The average Bonchev–Trinajstić information content (AvgIpc) is 3.03. The third kappa shape index (κ3) is 11.0. The van der Waals surface area contributed by atoms with Crippen LogP contribution in [0.4, 0.5) is 9.59 Å². The second kappa shape index (κ2) is 17.1. The van der Waals surface area contributed by atoms with Crippen molar-refractivity contribution in [3.8, 4) is 5.75 Å². The zero-order chi connectivity index (χ0) is 34.0. The van der Waals surface area contributed by atoms with Crippen LogP contribution in [0.5, 0.6) is 5.75 Å². The van der Waals surface area contributed by atoms with Crippen molar-refractivity contribution in [2.75, 3.05) is 40.5 Å². The number of amides is 3. The standard InChI is InChI=1S/C36H50ClN3O7/c1-36(2,3)47-35(43)40(4)23-28(19-24-11-7-6-8-12-24)39-33(41)26-21-30(29-15-10-17-45-31(29)22-26)32(25-13-9-14-27(37)20-25)46-18-16-38-34(42)44-5/h9,13-14,20-22,24,28,32H,6-8,10-12,15-19,23H2,1-5H3,(H,38,42)(H,39,41)/t28-,32?/m0/s1. The molecule has 10 nitrogen and oxygen atoms in total. The maximum absolute atomic E-state index is 14.1. The molecule has 1 heterocycles. The Bertz CT molecular complexity index is 1370. The van der Waals surface area contributed by atoms with Crippen molar-refractivity contribution in [1.29, 1.82) is 0 Å². The lowest BCUT2D eigenvalue weighted by atomic mass is 9.84. The maximum Gasteiger partial charge on any atom is 0.410 e. The van der Waals surface area contributed by atoms with Gasteiger partial charge in [0.15, 0.2) is 0 Å². The molecule has 1 saturated carbocycles. The van der Waals surface area contributed by atoms with Gasteiger partial charge in [-0.3, -0.25) is 4.79 Å². The highest BCUT2D eigenvalue weighted by Crippen LogP contribution is 2.38. The first-order chi connectivity index (χ1) is 22.4. The van der Waals surface area contributed by atoms with Gasteiger partial charge in [0.05, 0.1) is 20.3 Å². The number of benzene rings is 2. The summed E-state index contributed by atoms with van der Waals surface area (Å²) in [6.45, 7) is 6.82. The third-order valence-electron chi connectivity index (χ3n) is 8.49. The quantitative estimate of drug-likeness (QED) is 0.232. The zero-order valence-electron chi connectivity index (χ0n) is 28.4. The first kappa shape index (κ1) is 36.3. The smallest absolute Gasteiger partial charge is 0.410 e. The van der Waals surface area contributed by atoms with Gasteiger partial charge in [-0.1, -0.05) is 55.8 Å². The molecule has 11 heteroatoms. The van der Waals surface area contributed by atoms with Crippen LogP contribution >= 0.6 is 11.6 Å². The molecular weight excluding hydrogens is 622 g/mol. The van der Waals surface area contributed by atoms with Crippen molar-refractivity contribution in [3.63, 3.8) is 0 Å². The molecular formula is C36H50ClN3O7. The number of halogens is 1. The molecule has 0 radical (unpaired) electrons. The fraction of sp³-hybridized carbons (Fsp3) is 0.583. The number of alkyl carbamates (subject to hydrolysis) is 1. The molecule has 3 amide bonds. The molecule has 2 atom stereocenters. The van der Waals surface area contributed by atoms with Gasteiger partial charge >= 0.3 is 12.2 Å². The minimum Gasteiger partial charge on any atom is -0.493 e. The van der Waals surface area contributed by atoms with Gasteiger partial charge in [0.1, 0.15) is 17.5 Å². The van der Waals surface area contributed by atoms with Crippen LogP contribution in [0.3, 0.4) is 0 Å². The van der Waals surface area contributed by atoms with Crippen molar-refractivity contribution >= 4 is 29.7 Å². The first-order valence-electron chi connectivity index (χ1n) is 16.7. The van der Waals surface area contributed by atoms with Gasteiger partial charge in [-0.05, 0) is 81.3 Å². The second-order valence-electron chi connectivity index (χ2n) is 13.5. The van der Waals surface area contributed by atoms with Crippen molar-refractivity contribution in [1.82, 2.24) is 15.5 Å². The zero-order valence-corrected chi connectivity index (χ0v) is 29.1. The highest BCUT2D eigenvalue weighted by Gasteiger charge is 2.29. The number of ether oxygens (including phenoxy) is 4. The summed E-state index contributed by atoms with van der Waals surface area (Å²) in [5, 5.41) is 6.46. The van der Waals surface area contributed by atoms with Gasteiger partial charge in [0.25, 0.3) is 5.91 Å². The predicted molar refractivity (Wildman–Crippen MR) is 181 cm³/mol. The Morgan fingerprint density at radius 3 is 2.55 bits per heavy atom. The summed E-state index contributed by atoms with van der Waals surface area (Å²) in [5.41, 5.74) is 2.42. The molecule has 2 aliphatic rings. The van der Waals surface area contributed by atoms with Gasteiger partial charge in [0.2, 0.25) is 0 Å². The lowest BCUT2D eigenvalue weighted by molar-refractivity contribution is 0.0274. The Morgan fingerprint density at radius 1 is 1.09 bits per heavy atom. The fourth-order valence-corrected chi connectivity index (χ4v) is 6.51. The number of rotatable bonds is 12. The van der Waals surface area contributed by atoms with E-state index < -0.39 is 23.9 Å². The van der Waals surface area contributed by atoms with E-state index in [1.54, 1.807) is 24.1 Å². The van der Waals surface area contributed by atoms with E-state index in [1.165, 1.54) is 26.4 Å². The summed E-state index contributed by atoms with van der Waals surface area (Å²) in [6.07, 6.45) is 6.64. The van der Waals surface area contributed by atoms with Crippen molar-refractivity contribution in [3.05, 3.63) is 63.7 Å². The van der Waals surface area contributed by atoms with E-state index >= 15 is 0 Å². The topological polar surface area (TPSA) is 115 Å². The monoisotopic (exact) mass is 671 g/mol. The van der Waals surface area contributed by atoms with E-state index in [9.17, 15) is 14.4 Å². The number of hydrogen-bond donors (Lipinski definition) is 2. The molecule has 2 aromatic rings. The summed E-state index contributed by atoms with van der Waals surface area (Å²) in [5.74, 6) is 0.874. The molecule has 0 spiro atoms. The number of fused-ring (bicyclic) bond motifs is 1. The molecule has 2 N–H and O–H groups in total. The highest BCUT2D eigenvalue weighted by molar-refractivity contribution is 6.30. The van der Waals surface area contributed by atoms with Crippen LogP contribution in [-0.2, 0) is 20.6 Å². The molecule has 0 saturated heterocycles. The van der Waals surface area contributed by atoms with Crippen molar-refractivity contribution < 1.29 is 33.3 Å². The molecule has 47 heavy (non-hydrogen) atoms. The van der Waals surface area contributed by atoms with Crippen LogP contribution in [0.1, 0.15) is 98.9 Å². The molecule has 0 aromatic heterocycles. The number of hydrogen-bond acceptors (Lipinski definition) is 7. The number of carbonyl (C=O) groups excluding carboxylic acids is 3. The normalized spacial score (nSPS) is 16.2. The van der Waals surface area contributed by atoms with E-state index in [-0.39, 0.29) is 25.1 Å². The third-order valence-corrected chi connectivity index (χ3v) is 8.72. The van der Waals surface area contributed by atoms with Crippen LogP contribution in [-0.4, -0.2) is 75.1 Å². The number of carbonyl (C=O) groups is 3. The van der Waals surface area contributed by atoms with Crippen LogP contribution in [0, 0.1) is 5.92 Å². The van der Waals surface area contributed by atoms with E-state index in [4.69, 9.17) is 25.8 Å². The van der Waals surface area contributed by atoms with Gasteiger partial charge in [-0.15, -0.1) is 0 Å². The Kier molecular flexibility index (Phi) is 13.2. The minimum atomic E-state index is -0.621. The van der Waals surface area contributed by atoms with Gasteiger partial charge in [-0.25, -0.2) is 9.59 Å². The van der Waals surface area contributed by atoms with Crippen LogP contribution in [0.25, 0.3) is 0 Å². The molecule has 0 bridgehead atoms. The van der Waals surface area contributed by atoms with Gasteiger partial charge < -0.3 is 34.5 Å². The molecule has 1 fully saturated rings. The van der Waals surface area contributed by atoms with Crippen LogP contribution in [0.2, 0.25) is 5.02 Å². The molecule has 1 aliphatic carbocycles. The molecule has 4 rings (SSSR count). The summed E-state index contributed by atoms with van der Waals surface area (Å²) in [6, 6.07) is 10.8. The van der Waals surface area contributed by atoms with Crippen molar-refractivity contribution in [2.45, 2.75) is 89.9 Å². The summed E-state index contributed by atoms with van der Waals surface area (Å²) in [4.78, 5) is 40.1. The fourth-order valence-electron chi connectivity index (χ4n) is 6.31. The lowest BCUT2D eigenvalue weighted by Gasteiger charge is -2.31. The minimum absolute atomic E-state index is 0.193. The molecule has 258 valence electrons. The Balaban J connectivity index is 1.63. The number of likely N-dealkylation sites (N-methyl/N-ethyl adjacent to an activating group) is 1. The number of nitrogens with zero attached hydrogens (tertiary/aromatic N) is 1. The number of methoxy groups -OCH3 is 1. The Morgan fingerprint density at radius 2 is 1.85 bits per heavy atom. The van der Waals surface area contributed by atoms with Gasteiger partial charge in [0, 0.05) is 42.3 Å². The lowest BCUT2D eigenvalue weighted by Crippen LogP contribution is -2.46. The maximum atomic E-state index is 14.1. The number of nitrogens with one attached hydrogen (secondary N) is 2. The van der Waals surface area contributed by atoms with Crippen LogP contribution in [0.15, 0.2) is 36.4 Å². The van der Waals surface area contributed by atoms with E-state index in [0.29, 0.717) is 35.4 Å². The Hall–Kier alpha value is -3.50. The summed E-state index contributed by atoms with van der Waals surface area (Å²) in [7, 11) is 3.02. The predicted octanol–water partition coefficient (Wildman–Crippen LogP) is 7.06. The molecule has 1 unspecified atom stereocenters. The second-order valence-corrected chi connectivity index (χ2v) is 13.9. The molecule has 2 aromatic carbocycles. The average molecular weight is 672 g/mol. The summed E-state index contributed by atoms with van der Waals surface area (Å²) >= 11 is 6.40. The van der Waals surface area contributed by atoms with Crippen LogP contribution < -0.4 is 15.4 Å². The largest absolute Gasteiger partial charge is 0.493 e. The highest BCUT2D eigenvalue weighted by atomic mass is 35.5. The SMILES string of the molecule is COC(=O)NCCOC(c1cccc(Cl)c1)c1cc(C(=O)N[C@@H](CC2CCCCC2)CN(C)C(=O)OC(C)(C)C)cc2c1CCCO2. The molecule has 1 aliphatic heterocycles. The summed E-state index contributed by atoms with van der Waals surface area (Å²) < 4.78 is 22.8. The van der Waals surface area contributed by atoms with E-state index in [2.05, 4.69) is 15.4 Å².